The molecular weight excluding hydrogens is 240 g/mol. The van der Waals surface area contributed by atoms with Crippen LogP contribution in [0.1, 0.15) is 30.1 Å². The summed E-state index contributed by atoms with van der Waals surface area (Å²) < 4.78 is 24.0. The second kappa shape index (κ2) is 5.79. The van der Waals surface area contributed by atoms with Crippen LogP contribution in [0.5, 0.6) is 0 Å². The monoisotopic (exact) mass is 256 g/mol. The van der Waals surface area contributed by atoms with Crippen molar-refractivity contribution in [2.75, 3.05) is 5.75 Å². The summed E-state index contributed by atoms with van der Waals surface area (Å²) in [6.07, 6.45) is 1.35. The van der Waals surface area contributed by atoms with Gasteiger partial charge < -0.3 is 0 Å². The molecule has 94 valence electrons. The van der Waals surface area contributed by atoms with Gasteiger partial charge in [0.1, 0.15) is 0 Å². The van der Waals surface area contributed by atoms with Crippen LogP contribution >= 0.6 is 0 Å². The number of nitrogen functional groups attached to an aromatic ring is 1. The van der Waals surface area contributed by atoms with E-state index < -0.39 is 15.7 Å². The Hall–Kier alpha value is -1.40. The van der Waals surface area contributed by atoms with E-state index in [4.69, 9.17) is 5.84 Å². The maximum absolute atomic E-state index is 12.0. The molecule has 0 fully saturated rings. The zero-order valence-corrected chi connectivity index (χ0v) is 10.5. The normalized spacial score (nSPS) is 11.2. The molecule has 0 bridgehead atoms. The third-order valence-electron chi connectivity index (χ3n) is 2.36. The van der Waals surface area contributed by atoms with Crippen LogP contribution in [0, 0.1) is 0 Å². The summed E-state index contributed by atoms with van der Waals surface area (Å²) in [5.74, 6) is 4.47. The predicted molar refractivity (Wildman–Crippen MR) is 65.1 cm³/mol. The van der Waals surface area contributed by atoms with Gasteiger partial charge in [-0.2, -0.15) is 0 Å². The largest absolute Gasteiger partial charge is 0.290 e. The lowest BCUT2D eigenvalue weighted by atomic mass is 10.2. The van der Waals surface area contributed by atoms with E-state index in [0.717, 1.165) is 6.42 Å². The fraction of sp³-hybridized carbons (Fsp3) is 0.364. The molecule has 1 rings (SSSR count). The molecule has 1 aromatic rings. The van der Waals surface area contributed by atoms with Gasteiger partial charge in [0.25, 0.3) is 5.91 Å². The molecule has 0 radical (unpaired) electrons. The summed E-state index contributed by atoms with van der Waals surface area (Å²) in [5.41, 5.74) is 2.04. The summed E-state index contributed by atoms with van der Waals surface area (Å²) in [6, 6.07) is 6.06. The van der Waals surface area contributed by atoms with Crippen LogP contribution in [-0.2, 0) is 9.84 Å². The molecule has 0 spiro atoms. The van der Waals surface area contributed by atoms with E-state index in [2.05, 4.69) is 0 Å². The Labute approximate surface area is 101 Å². The molecule has 0 atom stereocenters. The lowest BCUT2D eigenvalue weighted by molar-refractivity contribution is 0.0950. The van der Waals surface area contributed by atoms with E-state index >= 15 is 0 Å². The molecule has 0 saturated heterocycles. The van der Waals surface area contributed by atoms with Crippen LogP contribution in [0.4, 0.5) is 0 Å². The third kappa shape index (κ3) is 3.28. The number of carbonyl (C=O) groups excluding carboxylic acids is 1. The van der Waals surface area contributed by atoms with E-state index in [1.165, 1.54) is 12.1 Å². The number of carbonyl (C=O) groups is 1. The van der Waals surface area contributed by atoms with E-state index in [1.54, 1.807) is 12.1 Å². The average Bonchev–Trinajstić information content (AvgIpc) is 2.35. The quantitative estimate of drug-likeness (QED) is 0.464. The second-order valence-electron chi connectivity index (χ2n) is 3.64. The Bertz CT molecular complexity index is 497. The number of hydrogen-bond donors (Lipinski definition) is 2. The number of unbranched alkanes of at least 4 members (excludes halogenated alkanes) is 1. The summed E-state index contributed by atoms with van der Waals surface area (Å²) in [7, 11) is -3.42. The van der Waals surface area contributed by atoms with Gasteiger partial charge in [-0.1, -0.05) is 25.5 Å². The first-order valence-corrected chi connectivity index (χ1v) is 7.01. The first-order valence-electron chi connectivity index (χ1n) is 5.35. The number of nitrogens with two attached hydrogens (primary N) is 1. The van der Waals surface area contributed by atoms with Crippen molar-refractivity contribution in [1.29, 1.82) is 0 Å². The molecule has 3 N–H and O–H groups in total. The lowest BCUT2D eigenvalue weighted by Crippen LogP contribution is -2.31. The van der Waals surface area contributed by atoms with Gasteiger partial charge in [-0.25, -0.2) is 14.3 Å². The highest BCUT2D eigenvalue weighted by molar-refractivity contribution is 7.91. The molecule has 6 heteroatoms. The van der Waals surface area contributed by atoms with Crippen molar-refractivity contribution in [2.45, 2.75) is 24.7 Å². The second-order valence-corrected chi connectivity index (χ2v) is 5.72. The van der Waals surface area contributed by atoms with Crippen LogP contribution in [0.15, 0.2) is 29.2 Å². The minimum atomic E-state index is -3.42. The van der Waals surface area contributed by atoms with Gasteiger partial charge in [0, 0.05) is 0 Å². The van der Waals surface area contributed by atoms with Gasteiger partial charge in [-0.05, 0) is 18.6 Å². The molecule has 0 aliphatic rings. The van der Waals surface area contributed by atoms with Crippen molar-refractivity contribution in [1.82, 2.24) is 5.43 Å². The molecule has 5 nitrogen and oxygen atoms in total. The zero-order chi connectivity index (χ0) is 12.9. The highest BCUT2D eigenvalue weighted by Gasteiger charge is 2.20. The van der Waals surface area contributed by atoms with Crippen LogP contribution in [0.25, 0.3) is 0 Å². The van der Waals surface area contributed by atoms with Gasteiger partial charge in [-0.3, -0.25) is 10.2 Å². The van der Waals surface area contributed by atoms with Crippen LogP contribution in [0.3, 0.4) is 0 Å². The molecule has 0 unspecified atom stereocenters. The van der Waals surface area contributed by atoms with Gasteiger partial charge in [-0.15, -0.1) is 0 Å². The van der Waals surface area contributed by atoms with E-state index in [0.29, 0.717) is 6.42 Å². The summed E-state index contributed by atoms with van der Waals surface area (Å²) in [4.78, 5) is 11.5. The minimum absolute atomic E-state index is 0.0383. The third-order valence-corrected chi connectivity index (χ3v) is 4.22. The Morgan fingerprint density at radius 3 is 2.59 bits per heavy atom. The van der Waals surface area contributed by atoms with Gasteiger partial charge in [0.2, 0.25) is 0 Å². The fourth-order valence-electron chi connectivity index (χ4n) is 1.45. The van der Waals surface area contributed by atoms with Gasteiger partial charge in [0.15, 0.2) is 9.84 Å². The van der Waals surface area contributed by atoms with E-state index in [1.807, 2.05) is 12.3 Å². The lowest BCUT2D eigenvalue weighted by Gasteiger charge is -2.08. The van der Waals surface area contributed by atoms with Crippen molar-refractivity contribution < 1.29 is 13.2 Å². The predicted octanol–water partition coefficient (Wildman–Crippen LogP) is 0.864. The Morgan fingerprint density at radius 2 is 2.00 bits per heavy atom. The van der Waals surface area contributed by atoms with E-state index in [9.17, 15) is 13.2 Å². The molecule has 17 heavy (non-hydrogen) atoms. The molecule has 1 aromatic carbocycles. The zero-order valence-electron chi connectivity index (χ0n) is 9.64. The molecule has 0 aromatic heterocycles. The van der Waals surface area contributed by atoms with Crippen molar-refractivity contribution in [2.24, 2.45) is 5.84 Å². The Kier molecular flexibility index (Phi) is 4.65. The van der Waals surface area contributed by atoms with Crippen molar-refractivity contribution in [3.05, 3.63) is 29.8 Å². The highest BCUT2D eigenvalue weighted by Crippen LogP contribution is 2.18. The SMILES string of the molecule is CCCCS(=O)(=O)c1ccccc1C(=O)NN. The molecule has 0 saturated carbocycles. The maximum atomic E-state index is 12.0. The topological polar surface area (TPSA) is 89.3 Å². The number of nitrogens with one attached hydrogen (secondary N) is 1. The van der Waals surface area contributed by atoms with Crippen LogP contribution in [-0.4, -0.2) is 20.1 Å². The number of rotatable bonds is 5. The molecular formula is C11H16N2O3S. The van der Waals surface area contributed by atoms with Crippen LogP contribution in [0.2, 0.25) is 0 Å². The Morgan fingerprint density at radius 1 is 1.35 bits per heavy atom. The first kappa shape index (κ1) is 13.7. The van der Waals surface area contributed by atoms with Gasteiger partial charge in [0.05, 0.1) is 16.2 Å². The highest BCUT2D eigenvalue weighted by atomic mass is 32.2. The smallest absolute Gasteiger partial charge is 0.266 e. The Balaban J connectivity index is 3.17. The number of amides is 1. The number of sulfone groups is 1. The van der Waals surface area contributed by atoms with Crippen LogP contribution < -0.4 is 11.3 Å². The number of hydrazine groups is 1. The fourth-order valence-corrected chi connectivity index (χ4v) is 3.12. The molecule has 0 aliphatic heterocycles. The molecule has 0 aliphatic carbocycles. The molecule has 1 amide bonds. The summed E-state index contributed by atoms with van der Waals surface area (Å²) in [5, 5.41) is 0. The van der Waals surface area contributed by atoms with Gasteiger partial charge >= 0.3 is 0 Å². The standard InChI is InChI=1S/C11H16N2O3S/c1-2-3-8-17(15,16)10-7-5-4-6-9(10)11(14)13-12/h4-7H,2-3,8,12H2,1H3,(H,13,14). The van der Waals surface area contributed by atoms with E-state index in [-0.39, 0.29) is 16.2 Å². The number of hydrogen-bond acceptors (Lipinski definition) is 4. The minimum Gasteiger partial charge on any atom is -0.290 e. The maximum Gasteiger partial charge on any atom is 0.266 e. The molecule has 0 heterocycles. The van der Waals surface area contributed by atoms with Crippen molar-refractivity contribution in [3.63, 3.8) is 0 Å². The first-order chi connectivity index (χ1) is 8.03. The van der Waals surface area contributed by atoms with Crippen molar-refractivity contribution >= 4 is 15.7 Å². The number of benzene rings is 1. The average molecular weight is 256 g/mol. The van der Waals surface area contributed by atoms with Crippen molar-refractivity contribution in [3.8, 4) is 0 Å². The summed E-state index contributed by atoms with van der Waals surface area (Å²) >= 11 is 0. The summed E-state index contributed by atoms with van der Waals surface area (Å²) in [6.45, 7) is 1.91.